The highest BCUT2D eigenvalue weighted by atomic mass is 16.6. The first-order valence-electron chi connectivity index (χ1n) is 9.14. The van der Waals surface area contributed by atoms with E-state index in [2.05, 4.69) is 5.32 Å². The molecule has 0 aliphatic carbocycles. The third kappa shape index (κ3) is 3.91. The molecule has 2 aromatic rings. The minimum atomic E-state index is -0.663. The molecule has 158 valence electrons. The van der Waals surface area contributed by atoms with Gasteiger partial charge < -0.3 is 4.42 Å². The molecule has 11 heteroatoms. The number of nitrogens with one attached hydrogen (secondary N) is 1. The number of ketones is 1. The molecule has 0 saturated heterocycles. The minimum Gasteiger partial charge on any atom is -0.443 e. The van der Waals surface area contributed by atoms with Gasteiger partial charge in [0.15, 0.2) is 5.78 Å². The lowest BCUT2D eigenvalue weighted by Gasteiger charge is -2.13. The van der Waals surface area contributed by atoms with Gasteiger partial charge in [-0.05, 0) is 26.3 Å². The Labute approximate surface area is 175 Å². The Bertz CT molecular complexity index is 1190. The zero-order valence-electron chi connectivity index (χ0n) is 16.6. The quantitative estimate of drug-likeness (QED) is 0.307. The van der Waals surface area contributed by atoms with Gasteiger partial charge in [0.25, 0.3) is 17.5 Å². The summed E-state index contributed by atoms with van der Waals surface area (Å²) in [5, 5.41) is 22.6. The van der Waals surface area contributed by atoms with E-state index in [0.29, 0.717) is 0 Å². The van der Waals surface area contributed by atoms with Gasteiger partial charge in [-0.1, -0.05) is 0 Å². The van der Waals surface area contributed by atoms with Gasteiger partial charge in [-0.2, -0.15) is 5.26 Å². The second-order valence-corrected chi connectivity index (χ2v) is 6.81. The van der Waals surface area contributed by atoms with Crippen LogP contribution in [0.5, 0.6) is 0 Å². The summed E-state index contributed by atoms with van der Waals surface area (Å²) in [6.07, 6.45) is 0.00805. The van der Waals surface area contributed by atoms with E-state index in [1.807, 2.05) is 6.07 Å². The Hall–Kier alpha value is -4.33. The van der Waals surface area contributed by atoms with Crippen molar-refractivity contribution in [1.82, 2.24) is 4.90 Å². The van der Waals surface area contributed by atoms with Crippen molar-refractivity contribution in [2.75, 3.05) is 11.9 Å². The molecule has 0 fully saturated rings. The number of amides is 3. The molecule has 0 saturated carbocycles. The van der Waals surface area contributed by atoms with Gasteiger partial charge in [0.1, 0.15) is 17.4 Å². The Morgan fingerprint density at radius 1 is 1.26 bits per heavy atom. The number of Topliss-reactive ketones (excluding diaryl/α,β-unsaturated/α-hetero) is 1. The first kappa shape index (κ1) is 21.4. The number of nitro benzene ring substituents is 1. The maximum absolute atomic E-state index is 12.4. The van der Waals surface area contributed by atoms with Crippen molar-refractivity contribution < 1.29 is 28.5 Å². The number of nitriles is 1. The summed E-state index contributed by atoms with van der Waals surface area (Å²) in [5.74, 6) is -2.09. The van der Waals surface area contributed by atoms with Gasteiger partial charge >= 0.3 is 0 Å². The third-order valence-electron chi connectivity index (χ3n) is 4.75. The van der Waals surface area contributed by atoms with E-state index >= 15 is 0 Å². The number of rotatable bonds is 7. The molecule has 0 unspecified atom stereocenters. The molecule has 11 nitrogen and oxygen atoms in total. The van der Waals surface area contributed by atoms with Gasteiger partial charge in [-0.15, -0.1) is 0 Å². The molecule has 0 bridgehead atoms. The molecule has 3 rings (SSSR count). The van der Waals surface area contributed by atoms with E-state index in [0.717, 1.165) is 17.0 Å². The van der Waals surface area contributed by atoms with Crippen LogP contribution in [-0.2, 0) is 4.79 Å². The van der Waals surface area contributed by atoms with Crippen LogP contribution in [0.4, 0.5) is 11.6 Å². The lowest BCUT2D eigenvalue weighted by molar-refractivity contribution is -0.384. The molecule has 1 aliphatic rings. The predicted octanol–water partition coefficient (Wildman–Crippen LogP) is 2.59. The van der Waals surface area contributed by atoms with Crippen LogP contribution in [0, 0.1) is 28.4 Å². The highest BCUT2D eigenvalue weighted by Gasteiger charge is 2.36. The van der Waals surface area contributed by atoms with Crippen molar-refractivity contribution in [3.8, 4) is 6.07 Å². The third-order valence-corrected chi connectivity index (χ3v) is 4.75. The van der Waals surface area contributed by atoms with Gasteiger partial charge in [0, 0.05) is 25.1 Å². The zero-order chi connectivity index (χ0) is 22.9. The summed E-state index contributed by atoms with van der Waals surface area (Å²) in [7, 11) is 0. The molecule has 31 heavy (non-hydrogen) atoms. The van der Waals surface area contributed by atoms with Crippen molar-refractivity contribution in [3.63, 3.8) is 0 Å². The van der Waals surface area contributed by atoms with E-state index in [9.17, 15) is 34.6 Å². The normalized spacial score (nSPS) is 12.5. The predicted molar refractivity (Wildman–Crippen MR) is 104 cm³/mol. The van der Waals surface area contributed by atoms with Crippen molar-refractivity contribution >= 4 is 35.1 Å². The Morgan fingerprint density at radius 3 is 2.55 bits per heavy atom. The molecule has 2 heterocycles. The summed E-state index contributed by atoms with van der Waals surface area (Å²) in [6.45, 7) is 2.70. The van der Waals surface area contributed by atoms with Crippen molar-refractivity contribution in [1.29, 1.82) is 5.26 Å². The van der Waals surface area contributed by atoms with Gasteiger partial charge in [0.2, 0.25) is 11.8 Å². The molecule has 1 aromatic carbocycles. The van der Waals surface area contributed by atoms with Crippen LogP contribution in [-0.4, -0.2) is 39.9 Å². The topological polar surface area (TPSA) is 164 Å². The number of nitrogens with zero attached hydrogens (tertiary/aromatic N) is 3. The molecule has 0 spiro atoms. The highest BCUT2D eigenvalue weighted by molar-refractivity contribution is 6.21. The Morgan fingerprint density at radius 2 is 1.94 bits per heavy atom. The van der Waals surface area contributed by atoms with Crippen molar-refractivity contribution in [2.24, 2.45) is 0 Å². The number of imide groups is 1. The van der Waals surface area contributed by atoms with Crippen LogP contribution in [0.25, 0.3) is 0 Å². The molecular weight excluding hydrogens is 408 g/mol. The lowest BCUT2D eigenvalue weighted by Crippen LogP contribution is -2.31. The number of furan rings is 1. The van der Waals surface area contributed by atoms with Crippen LogP contribution in [0.15, 0.2) is 22.6 Å². The number of anilines is 1. The maximum Gasteiger partial charge on any atom is 0.270 e. The number of non-ortho nitro benzene ring substituents is 1. The highest BCUT2D eigenvalue weighted by Crippen LogP contribution is 2.28. The van der Waals surface area contributed by atoms with E-state index in [-0.39, 0.29) is 64.8 Å². The number of nitro groups is 1. The molecule has 3 amide bonds. The van der Waals surface area contributed by atoms with E-state index in [1.54, 1.807) is 0 Å². The van der Waals surface area contributed by atoms with Gasteiger partial charge in [-0.25, -0.2) is 0 Å². The average molecular weight is 424 g/mol. The number of benzene rings is 1. The summed E-state index contributed by atoms with van der Waals surface area (Å²) in [6, 6.07) is 5.26. The summed E-state index contributed by atoms with van der Waals surface area (Å²) in [5.41, 5.74) is -0.252. The maximum atomic E-state index is 12.4. The van der Waals surface area contributed by atoms with Gasteiger partial charge in [-0.3, -0.25) is 39.5 Å². The molecule has 1 aromatic heterocycles. The molecule has 1 N–H and O–H groups in total. The molecule has 1 aliphatic heterocycles. The monoisotopic (exact) mass is 424 g/mol. The lowest BCUT2D eigenvalue weighted by atomic mass is 10.1. The van der Waals surface area contributed by atoms with Crippen LogP contribution in [0.3, 0.4) is 0 Å². The first-order valence-corrected chi connectivity index (χ1v) is 9.14. The zero-order valence-corrected chi connectivity index (χ0v) is 16.6. The summed E-state index contributed by atoms with van der Waals surface area (Å²) in [4.78, 5) is 59.8. The second-order valence-electron chi connectivity index (χ2n) is 6.81. The summed E-state index contributed by atoms with van der Waals surface area (Å²) < 4.78 is 5.31. The number of aryl methyl sites for hydroxylation is 1. The number of fused-ring (bicyclic) bond motifs is 1. The largest absolute Gasteiger partial charge is 0.443 e. The second kappa shape index (κ2) is 8.19. The van der Waals surface area contributed by atoms with E-state index in [4.69, 9.17) is 4.42 Å². The fraction of sp³-hybridized carbons (Fsp3) is 0.250. The van der Waals surface area contributed by atoms with E-state index in [1.165, 1.54) is 19.9 Å². The van der Waals surface area contributed by atoms with Gasteiger partial charge in [0.05, 0.1) is 21.6 Å². The molecule has 0 atom stereocenters. The first-order chi connectivity index (χ1) is 14.6. The Kier molecular flexibility index (Phi) is 5.65. The fourth-order valence-electron chi connectivity index (χ4n) is 3.35. The number of carbonyl (C=O) groups is 4. The van der Waals surface area contributed by atoms with Crippen LogP contribution in [0.2, 0.25) is 0 Å². The SMILES string of the molecule is CC(=O)c1c(C)oc(NC(=O)CCCN2C(=O)c3ccc([N+](=O)[O-])cc3C2=O)c1C#N. The number of carbonyl (C=O) groups excluding carboxylic acids is 4. The Balaban J connectivity index is 1.63. The van der Waals surface area contributed by atoms with Crippen LogP contribution >= 0.6 is 0 Å². The smallest absolute Gasteiger partial charge is 0.270 e. The van der Waals surface area contributed by atoms with Crippen molar-refractivity contribution in [3.05, 3.63) is 56.3 Å². The summed E-state index contributed by atoms with van der Waals surface area (Å²) >= 11 is 0. The van der Waals surface area contributed by atoms with Crippen molar-refractivity contribution in [2.45, 2.75) is 26.7 Å². The molecule has 0 radical (unpaired) electrons. The van der Waals surface area contributed by atoms with E-state index < -0.39 is 22.6 Å². The minimum absolute atomic E-state index is 0.0508. The number of hydrogen-bond acceptors (Lipinski definition) is 8. The standard InChI is InChI=1S/C20H16N4O7/c1-10(25)17-11(2)31-18(15(17)9-21)22-16(26)4-3-7-23-19(27)13-6-5-12(24(29)30)8-14(13)20(23)28/h5-6,8H,3-4,7H2,1-2H3,(H,22,26). The van der Waals surface area contributed by atoms with Crippen LogP contribution < -0.4 is 5.32 Å². The van der Waals surface area contributed by atoms with Crippen LogP contribution in [0.1, 0.15) is 62.2 Å². The molecular formula is C20H16N4O7. The average Bonchev–Trinajstić information content (AvgIpc) is 3.15. The fourth-order valence-corrected chi connectivity index (χ4v) is 3.35. The number of hydrogen-bond donors (Lipinski definition) is 1.